The maximum atomic E-state index is 12.2. The van der Waals surface area contributed by atoms with Crippen LogP contribution in [0.5, 0.6) is 11.5 Å². The normalized spacial score (nSPS) is 11.6. The van der Waals surface area contributed by atoms with E-state index in [0.717, 1.165) is 11.3 Å². The standard InChI is InChI=1S/C20H21N3O3/c1-15(16-7-9-17(10-8-16)23-12-11-21-14-23)22-20(24)13-26-19-6-4-3-5-18(19)25-2/h3-12,14-15H,13H2,1-2H3,(H,22,24). The molecule has 0 aliphatic rings. The second-order valence-electron chi connectivity index (χ2n) is 5.79. The van der Waals surface area contributed by atoms with Crippen molar-refractivity contribution >= 4 is 5.91 Å². The van der Waals surface area contributed by atoms with Gasteiger partial charge in [-0.05, 0) is 36.8 Å². The van der Waals surface area contributed by atoms with Gasteiger partial charge in [-0.3, -0.25) is 4.79 Å². The Hall–Kier alpha value is -3.28. The molecular weight excluding hydrogens is 330 g/mol. The summed E-state index contributed by atoms with van der Waals surface area (Å²) in [7, 11) is 1.57. The average molecular weight is 351 g/mol. The molecular formula is C20H21N3O3. The molecule has 0 saturated heterocycles. The van der Waals surface area contributed by atoms with Gasteiger partial charge in [0.2, 0.25) is 0 Å². The molecule has 0 bridgehead atoms. The first-order valence-corrected chi connectivity index (χ1v) is 8.31. The minimum atomic E-state index is -0.193. The highest BCUT2D eigenvalue weighted by Crippen LogP contribution is 2.25. The molecule has 1 aromatic heterocycles. The minimum Gasteiger partial charge on any atom is -0.493 e. The van der Waals surface area contributed by atoms with Gasteiger partial charge in [0.15, 0.2) is 18.1 Å². The summed E-state index contributed by atoms with van der Waals surface area (Å²) in [4.78, 5) is 16.2. The van der Waals surface area contributed by atoms with Crippen molar-refractivity contribution in [3.8, 4) is 17.2 Å². The highest BCUT2D eigenvalue weighted by atomic mass is 16.5. The van der Waals surface area contributed by atoms with Crippen molar-refractivity contribution in [2.45, 2.75) is 13.0 Å². The number of hydrogen-bond acceptors (Lipinski definition) is 4. The van der Waals surface area contributed by atoms with E-state index in [1.54, 1.807) is 31.8 Å². The van der Waals surface area contributed by atoms with E-state index in [4.69, 9.17) is 9.47 Å². The van der Waals surface area contributed by atoms with Crippen LogP contribution in [0, 0.1) is 0 Å². The number of imidazole rings is 1. The Kier molecular flexibility index (Phi) is 5.53. The van der Waals surface area contributed by atoms with Crippen molar-refractivity contribution in [1.29, 1.82) is 0 Å². The molecule has 6 nitrogen and oxygen atoms in total. The second kappa shape index (κ2) is 8.20. The van der Waals surface area contributed by atoms with Crippen LogP contribution in [0.1, 0.15) is 18.5 Å². The number of nitrogens with zero attached hydrogens (tertiary/aromatic N) is 2. The van der Waals surface area contributed by atoms with Gasteiger partial charge in [-0.15, -0.1) is 0 Å². The van der Waals surface area contributed by atoms with Gasteiger partial charge in [-0.1, -0.05) is 24.3 Å². The van der Waals surface area contributed by atoms with Crippen LogP contribution in [-0.4, -0.2) is 29.2 Å². The third-order valence-corrected chi connectivity index (χ3v) is 4.00. The van der Waals surface area contributed by atoms with Crippen molar-refractivity contribution < 1.29 is 14.3 Å². The molecule has 6 heteroatoms. The van der Waals surface area contributed by atoms with E-state index in [-0.39, 0.29) is 18.6 Å². The van der Waals surface area contributed by atoms with Gasteiger partial charge >= 0.3 is 0 Å². The van der Waals surface area contributed by atoms with Crippen molar-refractivity contribution in [2.75, 3.05) is 13.7 Å². The van der Waals surface area contributed by atoms with Gasteiger partial charge in [0.25, 0.3) is 5.91 Å². The van der Waals surface area contributed by atoms with Crippen molar-refractivity contribution in [2.24, 2.45) is 0 Å². The maximum Gasteiger partial charge on any atom is 0.258 e. The highest BCUT2D eigenvalue weighted by molar-refractivity contribution is 5.78. The summed E-state index contributed by atoms with van der Waals surface area (Å²) >= 11 is 0. The number of aromatic nitrogens is 2. The number of benzene rings is 2. The monoisotopic (exact) mass is 351 g/mol. The number of nitrogens with one attached hydrogen (secondary N) is 1. The fourth-order valence-electron chi connectivity index (χ4n) is 2.59. The first-order chi connectivity index (χ1) is 12.7. The molecule has 134 valence electrons. The Morgan fingerprint density at radius 1 is 1.15 bits per heavy atom. The van der Waals surface area contributed by atoms with Gasteiger partial charge < -0.3 is 19.4 Å². The first kappa shape index (κ1) is 17.5. The number of amides is 1. The Bertz CT molecular complexity index is 845. The summed E-state index contributed by atoms with van der Waals surface area (Å²) in [5.41, 5.74) is 2.03. The molecule has 0 aliphatic heterocycles. The van der Waals surface area contributed by atoms with E-state index in [1.807, 2.05) is 54.1 Å². The van der Waals surface area contributed by atoms with E-state index < -0.39 is 0 Å². The number of hydrogen-bond donors (Lipinski definition) is 1. The molecule has 3 rings (SSSR count). The lowest BCUT2D eigenvalue weighted by atomic mass is 10.1. The van der Waals surface area contributed by atoms with Crippen LogP contribution in [0.4, 0.5) is 0 Å². The molecule has 1 atom stereocenters. The van der Waals surface area contributed by atoms with E-state index in [9.17, 15) is 4.79 Å². The summed E-state index contributed by atoms with van der Waals surface area (Å²) in [6, 6.07) is 15.1. The van der Waals surface area contributed by atoms with Gasteiger partial charge in [-0.25, -0.2) is 4.98 Å². The summed E-state index contributed by atoms with van der Waals surface area (Å²) in [6.45, 7) is 1.87. The molecule has 0 saturated carbocycles. The van der Waals surface area contributed by atoms with E-state index in [0.29, 0.717) is 11.5 Å². The second-order valence-corrected chi connectivity index (χ2v) is 5.79. The summed E-state index contributed by atoms with van der Waals surface area (Å²) in [6.07, 6.45) is 5.36. The Morgan fingerprint density at radius 2 is 1.88 bits per heavy atom. The Morgan fingerprint density at radius 3 is 2.54 bits per heavy atom. The number of para-hydroxylation sites is 2. The number of carbonyl (C=O) groups excluding carboxylic acids is 1. The summed E-state index contributed by atoms with van der Waals surface area (Å²) < 4.78 is 12.7. The van der Waals surface area contributed by atoms with Crippen molar-refractivity contribution in [3.05, 3.63) is 72.8 Å². The van der Waals surface area contributed by atoms with Crippen molar-refractivity contribution in [3.63, 3.8) is 0 Å². The predicted octanol–water partition coefficient (Wildman–Crippen LogP) is 3.14. The number of ether oxygens (including phenoxy) is 2. The van der Waals surface area contributed by atoms with E-state index in [2.05, 4.69) is 10.3 Å². The van der Waals surface area contributed by atoms with Crippen molar-refractivity contribution in [1.82, 2.24) is 14.9 Å². The van der Waals surface area contributed by atoms with Crippen LogP contribution in [0.2, 0.25) is 0 Å². The summed E-state index contributed by atoms with van der Waals surface area (Å²) in [5.74, 6) is 0.952. The highest BCUT2D eigenvalue weighted by Gasteiger charge is 2.11. The lowest BCUT2D eigenvalue weighted by molar-refractivity contribution is -0.123. The van der Waals surface area contributed by atoms with E-state index >= 15 is 0 Å². The molecule has 1 N–H and O–H groups in total. The summed E-state index contributed by atoms with van der Waals surface area (Å²) in [5, 5.41) is 2.93. The van der Waals surface area contributed by atoms with Gasteiger partial charge in [0.05, 0.1) is 19.5 Å². The molecule has 0 aliphatic carbocycles. The van der Waals surface area contributed by atoms with Crippen LogP contribution < -0.4 is 14.8 Å². The molecule has 0 radical (unpaired) electrons. The SMILES string of the molecule is COc1ccccc1OCC(=O)NC(C)c1ccc(-n2ccnc2)cc1. The zero-order chi connectivity index (χ0) is 18.4. The van der Waals surface area contributed by atoms with Crippen LogP contribution in [-0.2, 0) is 4.79 Å². The topological polar surface area (TPSA) is 65.4 Å². The van der Waals surface area contributed by atoms with Gasteiger partial charge in [-0.2, -0.15) is 0 Å². The van der Waals surface area contributed by atoms with Gasteiger partial charge in [0, 0.05) is 18.1 Å². The van der Waals surface area contributed by atoms with Crippen LogP contribution in [0.3, 0.4) is 0 Å². The minimum absolute atomic E-state index is 0.0716. The molecule has 1 amide bonds. The lowest BCUT2D eigenvalue weighted by Gasteiger charge is -2.16. The maximum absolute atomic E-state index is 12.2. The predicted molar refractivity (Wildman–Crippen MR) is 98.6 cm³/mol. The average Bonchev–Trinajstić information content (AvgIpc) is 3.21. The van der Waals surface area contributed by atoms with E-state index in [1.165, 1.54) is 0 Å². The molecule has 2 aromatic carbocycles. The smallest absolute Gasteiger partial charge is 0.258 e. The molecule has 1 unspecified atom stereocenters. The molecule has 0 spiro atoms. The Balaban J connectivity index is 1.55. The third kappa shape index (κ3) is 4.22. The largest absolute Gasteiger partial charge is 0.493 e. The zero-order valence-electron chi connectivity index (χ0n) is 14.8. The Labute approximate surface area is 152 Å². The third-order valence-electron chi connectivity index (χ3n) is 4.00. The fourth-order valence-corrected chi connectivity index (χ4v) is 2.59. The quantitative estimate of drug-likeness (QED) is 0.710. The number of methoxy groups -OCH3 is 1. The van der Waals surface area contributed by atoms with Crippen LogP contribution in [0.15, 0.2) is 67.3 Å². The molecule has 26 heavy (non-hydrogen) atoms. The fraction of sp³-hybridized carbons (Fsp3) is 0.200. The van der Waals surface area contributed by atoms with Crippen LogP contribution >= 0.6 is 0 Å². The number of rotatable bonds is 7. The lowest BCUT2D eigenvalue weighted by Crippen LogP contribution is -2.31. The molecule has 0 fully saturated rings. The van der Waals surface area contributed by atoms with Crippen LogP contribution in [0.25, 0.3) is 5.69 Å². The molecule has 3 aromatic rings. The van der Waals surface area contributed by atoms with Gasteiger partial charge in [0.1, 0.15) is 0 Å². The number of carbonyl (C=O) groups is 1. The molecule has 1 heterocycles. The first-order valence-electron chi connectivity index (χ1n) is 8.31. The zero-order valence-corrected chi connectivity index (χ0v) is 14.8.